The summed E-state index contributed by atoms with van der Waals surface area (Å²) >= 11 is 0. The number of carbonyl (C=O) groups is 2. The predicted octanol–water partition coefficient (Wildman–Crippen LogP) is 2.28. The lowest BCUT2D eigenvalue weighted by molar-refractivity contribution is 0.0971. The SMILES string of the molecule is CC(=O)c1cccc(C2CC(=O)c3cc(S(N)(=O)=O)ccc3N2)c1. The molecular weight excluding hydrogens is 328 g/mol. The van der Waals surface area contributed by atoms with Gasteiger partial charge in [-0.25, -0.2) is 13.6 Å². The summed E-state index contributed by atoms with van der Waals surface area (Å²) in [4.78, 5) is 23.9. The molecule has 1 aliphatic rings. The normalized spacial score (nSPS) is 17.1. The van der Waals surface area contributed by atoms with Gasteiger partial charge in [0.05, 0.1) is 10.9 Å². The Balaban J connectivity index is 1.97. The van der Waals surface area contributed by atoms with Gasteiger partial charge in [0, 0.05) is 23.2 Å². The highest BCUT2D eigenvalue weighted by Gasteiger charge is 2.27. The summed E-state index contributed by atoms with van der Waals surface area (Å²) in [6, 6.07) is 11.0. The minimum absolute atomic E-state index is 0.0443. The van der Waals surface area contributed by atoms with Gasteiger partial charge in [0.15, 0.2) is 11.6 Å². The minimum atomic E-state index is -3.86. The van der Waals surface area contributed by atoms with Gasteiger partial charge in [-0.3, -0.25) is 9.59 Å². The summed E-state index contributed by atoms with van der Waals surface area (Å²) in [7, 11) is -3.86. The van der Waals surface area contributed by atoms with E-state index in [-0.39, 0.29) is 28.9 Å². The number of primary sulfonamides is 1. The molecule has 0 radical (unpaired) electrons. The van der Waals surface area contributed by atoms with Crippen molar-refractivity contribution in [3.63, 3.8) is 0 Å². The molecule has 0 fully saturated rings. The summed E-state index contributed by atoms with van der Waals surface area (Å²) in [5, 5.41) is 8.33. The van der Waals surface area contributed by atoms with E-state index in [1.807, 2.05) is 6.07 Å². The van der Waals surface area contributed by atoms with Crippen molar-refractivity contribution >= 4 is 27.3 Å². The fourth-order valence-electron chi connectivity index (χ4n) is 2.77. The van der Waals surface area contributed by atoms with E-state index in [4.69, 9.17) is 5.14 Å². The van der Waals surface area contributed by atoms with Crippen molar-refractivity contribution in [2.45, 2.75) is 24.3 Å². The fraction of sp³-hybridized carbons (Fsp3) is 0.176. The lowest BCUT2D eigenvalue weighted by Crippen LogP contribution is -2.24. The van der Waals surface area contributed by atoms with Crippen molar-refractivity contribution in [1.29, 1.82) is 0 Å². The number of nitrogens with one attached hydrogen (secondary N) is 1. The van der Waals surface area contributed by atoms with Gasteiger partial charge in [0.25, 0.3) is 0 Å². The average molecular weight is 344 g/mol. The number of anilines is 1. The van der Waals surface area contributed by atoms with Crippen molar-refractivity contribution in [3.05, 3.63) is 59.2 Å². The van der Waals surface area contributed by atoms with Crippen LogP contribution in [0.2, 0.25) is 0 Å². The number of hydrogen-bond acceptors (Lipinski definition) is 5. The number of Topliss-reactive ketones (excluding diaryl/α,β-unsaturated/α-hetero) is 2. The third-order valence-electron chi connectivity index (χ3n) is 4.03. The zero-order valence-corrected chi connectivity index (χ0v) is 13.8. The molecule has 0 bridgehead atoms. The Labute approximate surface area is 139 Å². The van der Waals surface area contributed by atoms with Gasteiger partial charge < -0.3 is 5.32 Å². The molecular formula is C17H16N2O4S. The molecule has 0 aromatic heterocycles. The topological polar surface area (TPSA) is 106 Å². The highest BCUT2D eigenvalue weighted by atomic mass is 32.2. The molecule has 1 aliphatic heterocycles. The van der Waals surface area contributed by atoms with E-state index in [1.54, 1.807) is 18.2 Å². The second-order valence-electron chi connectivity index (χ2n) is 5.76. The number of fused-ring (bicyclic) bond motifs is 1. The van der Waals surface area contributed by atoms with E-state index < -0.39 is 10.0 Å². The maximum atomic E-state index is 12.4. The van der Waals surface area contributed by atoms with Crippen LogP contribution in [-0.2, 0) is 10.0 Å². The first kappa shape index (κ1) is 16.4. The number of hydrogen-bond donors (Lipinski definition) is 2. The quantitative estimate of drug-likeness (QED) is 0.831. The second-order valence-corrected chi connectivity index (χ2v) is 7.32. The fourth-order valence-corrected chi connectivity index (χ4v) is 3.31. The first-order valence-electron chi connectivity index (χ1n) is 7.33. The third-order valence-corrected chi connectivity index (χ3v) is 4.95. The Morgan fingerprint density at radius 2 is 1.96 bits per heavy atom. The highest BCUT2D eigenvalue weighted by Crippen LogP contribution is 2.34. The van der Waals surface area contributed by atoms with Crippen LogP contribution in [0.15, 0.2) is 47.4 Å². The molecule has 0 saturated carbocycles. The van der Waals surface area contributed by atoms with E-state index >= 15 is 0 Å². The maximum absolute atomic E-state index is 12.4. The smallest absolute Gasteiger partial charge is 0.238 e. The standard InChI is InChI=1S/C17H16N2O4S/c1-10(20)11-3-2-4-12(7-11)16-9-17(21)14-8-13(24(18,22)23)5-6-15(14)19-16/h2-8,16,19H,9H2,1H3,(H2,18,22,23). The summed E-state index contributed by atoms with van der Waals surface area (Å²) in [6.45, 7) is 1.49. The van der Waals surface area contributed by atoms with Crippen molar-refractivity contribution in [3.8, 4) is 0 Å². The Bertz CT molecular complexity index is 951. The third kappa shape index (κ3) is 3.08. The van der Waals surface area contributed by atoms with Gasteiger partial charge in [-0.15, -0.1) is 0 Å². The number of benzene rings is 2. The van der Waals surface area contributed by atoms with E-state index in [1.165, 1.54) is 25.1 Å². The molecule has 3 rings (SSSR count). The van der Waals surface area contributed by atoms with E-state index in [0.717, 1.165) is 5.56 Å². The molecule has 1 atom stereocenters. The number of sulfonamides is 1. The molecule has 6 nitrogen and oxygen atoms in total. The molecule has 0 amide bonds. The van der Waals surface area contributed by atoms with Crippen LogP contribution in [0, 0.1) is 0 Å². The van der Waals surface area contributed by atoms with Gasteiger partial charge in [-0.2, -0.15) is 0 Å². The monoisotopic (exact) mass is 344 g/mol. The molecule has 24 heavy (non-hydrogen) atoms. The number of rotatable bonds is 3. The molecule has 124 valence electrons. The molecule has 0 saturated heterocycles. The Morgan fingerprint density at radius 1 is 1.21 bits per heavy atom. The van der Waals surface area contributed by atoms with E-state index in [0.29, 0.717) is 16.8 Å². The van der Waals surface area contributed by atoms with Crippen LogP contribution in [0.25, 0.3) is 0 Å². The van der Waals surface area contributed by atoms with Gasteiger partial charge in [-0.1, -0.05) is 18.2 Å². The van der Waals surface area contributed by atoms with E-state index in [9.17, 15) is 18.0 Å². The van der Waals surface area contributed by atoms with Crippen LogP contribution >= 0.6 is 0 Å². The molecule has 3 N–H and O–H groups in total. The van der Waals surface area contributed by atoms with Gasteiger partial charge >= 0.3 is 0 Å². The van der Waals surface area contributed by atoms with Crippen LogP contribution in [0.1, 0.15) is 45.7 Å². The molecule has 7 heteroatoms. The minimum Gasteiger partial charge on any atom is -0.377 e. The summed E-state index contributed by atoms with van der Waals surface area (Å²) < 4.78 is 22.9. The van der Waals surface area contributed by atoms with Gasteiger partial charge in [0.1, 0.15) is 0 Å². The van der Waals surface area contributed by atoms with Crippen LogP contribution in [0.4, 0.5) is 5.69 Å². The lowest BCUT2D eigenvalue weighted by Gasteiger charge is -2.27. The molecule has 1 unspecified atom stereocenters. The molecule has 2 aromatic rings. The zero-order chi connectivity index (χ0) is 17.5. The highest BCUT2D eigenvalue weighted by molar-refractivity contribution is 7.89. The lowest BCUT2D eigenvalue weighted by atomic mass is 9.91. The predicted molar refractivity (Wildman–Crippen MR) is 89.6 cm³/mol. The summed E-state index contributed by atoms with van der Waals surface area (Å²) in [5.74, 6) is -0.218. The Kier molecular flexibility index (Phi) is 3.98. The van der Waals surface area contributed by atoms with Crippen molar-refractivity contribution in [2.75, 3.05) is 5.32 Å². The van der Waals surface area contributed by atoms with Crippen molar-refractivity contribution < 1.29 is 18.0 Å². The van der Waals surface area contributed by atoms with Crippen LogP contribution < -0.4 is 10.5 Å². The largest absolute Gasteiger partial charge is 0.377 e. The number of ketones is 2. The van der Waals surface area contributed by atoms with Gasteiger partial charge in [0.2, 0.25) is 10.0 Å². The first-order chi connectivity index (χ1) is 11.3. The average Bonchev–Trinajstić information content (AvgIpc) is 2.53. The van der Waals surface area contributed by atoms with E-state index in [2.05, 4.69) is 5.32 Å². The Hall–Kier alpha value is -2.51. The Morgan fingerprint density at radius 3 is 2.62 bits per heavy atom. The van der Waals surface area contributed by atoms with Crippen molar-refractivity contribution in [1.82, 2.24) is 0 Å². The van der Waals surface area contributed by atoms with Crippen molar-refractivity contribution in [2.24, 2.45) is 5.14 Å². The molecule has 0 aliphatic carbocycles. The number of nitrogens with two attached hydrogens (primary N) is 1. The molecule has 2 aromatic carbocycles. The van der Waals surface area contributed by atoms with Crippen LogP contribution in [0.3, 0.4) is 0 Å². The van der Waals surface area contributed by atoms with Gasteiger partial charge in [-0.05, 0) is 36.8 Å². The molecule has 0 spiro atoms. The maximum Gasteiger partial charge on any atom is 0.238 e. The summed E-state index contributed by atoms with van der Waals surface area (Å²) in [5.41, 5.74) is 2.27. The van der Waals surface area contributed by atoms with Crippen LogP contribution in [-0.4, -0.2) is 20.0 Å². The van der Waals surface area contributed by atoms with Crippen LogP contribution in [0.5, 0.6) is 0 Å². The number of carbonyl (C=O) groups excluding carboxylic acids is 2. The summed E-state index contributed by atoms with van der Waals surface area (Å²) in [6.07, 6.45) is 0.169. The molecule has 1 heterocycles. The zero-order valence-electron chi connectivity index (χ0n) is 12.9. The second kappa shape index (κ2) is 5.85. The first-order valence-corrected chi connectivity index (χ1v) is 8.88.